The highest BCUT2D eigenvalue weighted by molar-refractivity contribution is 9.10. The van der Waals surface area contributed by atoms with Crippen LogP contribution in [-0.4, -0.2) is 0 Å². The van der Waals surface area contributed by atoms with Crippen molar-refractivity contribution in [1.82, 2.24) is 0 Å². The van der Waals surface area contributed by atoms with Crippen molar-refractivity contribution < 1.29 is 31.1 Å². The highest BCUT2D eigenvalue weighted by atomic mass is 79.9. The Bertz CT molecular complexity index is 675. The van der Waals surface area contributed by atoms with Crippen LogP contribution in [0.25, 0.3) is 0 Å². The van der Waals surface area contributed by atoms with Gasteiger partial charge < -0.3 is 4.74 Å². The Labute approximate surface area is 123 Å². The van der Waals surface area contributed by atoms with Gasteiger partial charge in [0, 0.05) is 10.0 Å². The quantitative estimate of drug-likeness (QED) is 0.425. The van der Waals surface area contributed by atoms with Gasteiger partial charge in [0.25, 0.3) is 0 Å². The Balaban J connectivity index is 2.32. The van der Waals surface area contributed by atoms with Crippen molar-refractivity contribution in [2.75, 3.05) is 0 Å². The highest BCUT2D eigenvalue weighted by Gasteiger charge is 2.27. The van der Waals surface area contributed by atoms with Gasteiger partial charge >= 0.3 is 0 Å². The molecule has 0 radical (unpaired) electrons. The van der Waals surface area contributed by atoms with Crippen LogP contribution in [0.2, 0.25) is 0 Å². The number of halogens is 7. The van der Waals surface area contributed by atoms with E-state index < -0.39 is 47.3 Å². The van der Waals surface area contributed by atoms with Crippen LogP contribution in [-0.2, 0) is 6.61 Å². The second-order valence-electron chi connectivity index (χ2n) is 3.92. The second kappa shape index (κ2) is 5.97. The zero-order valence-electron chi connectivity index (χ0n) is 9.99. The number of hydrogen-bond donors (Lipinski definition) is 0. The minimum absolute atomic E-state index is 0.228. The molecule has 1 nitrogen and oxygen atoms in total. The maximum Gasteiger partial charge on any atom is 0.207 e. The fourth-order valence-corrected chi connectivity index (χ4v) is 1.97. The number of hydrogen-bond acceptors (Lipinski definition) is 1. The Hall–Kier alpha value is -1.70. The smallest absolute Gasteiger partial charge is 0.207 e. The van der Waals surface area contributed by atoms with Crippen LogP contribution < -0.4 is 4.74 Å². The number of rotatable bonds is 3. The lowest BCUT2D eigenvalue weighted by Crippen LogP contribution is -2.07. The van der Waals surface area contributed by atoms with Crippen LogP contribution >= 0.6 is 15.9 Å². The van der Waals surface area contributed by atoms with Crippen LogP contribution in [0.5, 0.6) is 5.75 Å². The van der Waals surface area contributed by atoms with Crippen molar-refractivity contribution in [2.45, 2.75) is 6.61 Å². The van der Waals surface area contributed by atoms with E-state index in [-0.39, 0.29) is 10.0 Å². The first kappa shape index (κ1) is 15.7. The first-order valence-electron chi connectivity index (χ1n) is 5.41. The topological polar surface area (TPSA) is 9.23 Å². The first-order valence-corrected chi connectivity index (χ1v) is 6.20. The summed E-state index contributed by atoms with van der Waals surface area (Å²) in [7, 11) is 0. The molecule has 21 heavy (non-hydrogen) atoms. The summed E-state index contributed by atoms with van der Waals surface area (Å²) in [5.74, 6) is -12.5. The summed E-state index contributed by atoms with van der Waals surface area (Å²) in [5, 5.41) is 0. The van der Waals surface area contributed by atoms with E-state index in [9.17, 15) is 26.3 Å². The van der Waals surface area contributed by atoms with Gasteiger partial charge in [-0.2, -0.15) is 8.78 Å². The monoisotopic (exact) mass is 370 g/mol. The summed E-state index contributed by atoms with van der Waals surface area (Å²) >= 11 is 2.98. The molecule has 0 saturated carbocycles. The van der Waals surface area contributed by atoms with Crippen LogP contribution in [0.1, 0.15) is 5.56 Å². The molecule has 0 aliphatic carbocycles. The zero-order valence-corrected chi connectivity index (χ0v) is 11.6. The van der Waals surface area contributed by atoms with Crippen molar-refractivity contribution in [3.63, 3.8) is 0 Å². The lowest BCUT2D eigenvalue weighted by Gasteiger charge is -2.11. The van der Waals surface area contributed by atoms with E-state index in [4.69, 9.17) is 0 Å². The number of benzene rings is 2. The zero-order chi connectivity index (χ0) is 15.7. The van der Waals surface area contributed by atoms with E-state index >= 15 is 0 Å². The third kappa shape index (κ3) is 2.99. The van der Waals surface area contributed by atoms with Gasteiger partial charge in [-0.05, 0) is 12.1 Å². The maximum atomic E-state index is 13.4. The van der Waals surface area contributed by atoms with Crippen molar-refractivity contribution >= 4 is 15.9 Å². The summed E-state index contributed by atoms with van der Waals surface area (Å²) in [6.45, 7) is -0.515. The van der Waals surface area contributed by atoms with Crippen molar-refractivity contribution in [3.05, 3.63) is 63.1 Å². The predicted octanol–water partition coefficient (Wildman–Crippen LogP) is 4.86. The molecular weight excluding hydrogens is 366 g/mol. The van der Waals surface area contributed by atoms with Crippen LogP contribution in [0.4, 0.5) is 26.3 Å². The molecule has 0 bridgehead atoms. The third-order valence-electron chi connectivity index (χ3n) is 2.56. The fraction of sp³-hybridized carbons (Fsp3) is 0.0769. The van der Waals surface area contributed by atoms with Gasteiger partial charge in [0.1, 0.15) is 12.4 Å². The first-order chi connectivity index (χ1) is 9.82. The minimum Gasteiger partial charge on any atom is -0.483 e. The molecule has 0 fully saturated rings. The van der Waals surface area contributed by atoms with Crippen molar-refractivity contribution in [1.29, 1.82) is 0 Å². The van der Waals surface area contributed by atoms with Gasteiger partial charge in [-0.25, -0.2) is 17.6 Å². The largest absolute Gasteiger partial charge is 0.483 e. The van der Waals surface area contributed by atoms with E-state index in [0.717, 1.165) is 12.1 Å². The average molecular weight is 371 g/mol. The van der Waals surface area contributed by atoms with Gasteiger partial charge in [-0.15, -0.1) is 0 Å². The lowest BCUT2D eigenvalue weighted by atomic mass is 10.2. The summed E-state index contributed by atoms with van der Waals surface area (Å²) in [4.78, 5) is 0. The van der Waals surface area contributed by atoms with E-state index in [1.165, 1.54) is 6.07 Å². The molecule has 0 N–H and O–H groups in total. The van der Waals surface area contributed by atoms with Crippen LogP contribution in [0, 0.1) is 34.9 Å². The molecule has 0 amide bonds. The Kier molecular flexibility index (Phi) is 4.46. The Morgan fingerprint density at radius 3 is 1.86 bits per heavy atom. The molecule has 2 aromatic carbocycles. The molecule has 0 aliphatic rings. The van der Waals surface area contributed by atoms with E-state index in [1.54, 1.807) is 0 Å². The molecule has 0 aromatic heterocycles. The standard InChI is InChI=1S/C13H5BrF6O/c14-7-3-6(15)2-1-5(7)4-21-13-11(19)9(17)8(16)10(18)12(13)20/h1-3H,4H2. The molecule has 0 aliphatic heterocycles. The minimum atomic E-state index is -2.26. The van der Waals surface area contributed by atoms with Gasteiger partial charge in [0.15, 0.2) is 5.75 Å². The third-order valence-corrected chi connectivity index (χ3v) is 3.29. The average Bonchev–Trinajstić information content (AvgIpc) is 2.45. The summed E-state index contributed by atoms with van der Waals surface area (Å²) in [6, 6.07) is 3.37. The molecule has 2 rings (SSSR count). The van der Waals surface area contributed by atoms with Crippen LogP contribution in [0.3, 0.4) is 0 Å². The molecule has 2 aromatic rings. The predicted molar refractivity (Wildman–Crippen MR) is 64.7 cm³/mol. The number of ether oxygens (including phenoxy) is 1. The summed E-state index contributed by atoms with van der Waals surface area (Å²) in [6.07, 6.45) is 0. The molecule has 112 valence electrons. The van der Waals surface area contributed by atoms with E-state index in [0.29, 0.717) is 0 Å². The van der Waals surface area contributed by atoms with Gasteiger partial charge in [0.05, 0.1) is 0 Å². The molecule has 0 atom stereocenters. The molecule has 0 heterocycles. The van der Waals surface area contributed by atoms with Gasteiger partial charge in [0.2, 0.25) is 29.1 Å². The maximum absolute atomic E-state index is 13.4. The normalized spacial score (nSPS) is 10.8. The highest BCUT2D eigenvalue weighted by Crippen LogP contribution is 2.30. The molecule has 0 saturated heterocycles. The Morgan fingerprint density at radius 2 is 1.33 bits per heavy atom. The fourth-order valence-electron chi connectivity index (χ4n) is 1.50. The van der Waals surface area contributed by atoms with Gasteiger partial charge in [-0.1, -0.05) is 22.0 Å². The molecule has 0 spiro atoms. The SMILES string of the molecule is Fc1ccc(COc2c(F)c(F)c(F)c(F)c2F)c(Br)c1. The van der Waals surface area contributed by atoms with Crippen molar-refractivity contribution in [3.8, 4) is 5.75 Å². The molecule has 8 heteroatoms. The summed E-state index contributed by atoms with van der Waals surface area (Å²) in [5.41, 5.74) is 0.264. The lowest BCUT2D eigenvalue weighted by molar-refractivity contribution is 0.253. The van der Waals surface area contributed by atoms with E-state index in [2.05, 4.69) is 20.7 Å². The van der Waals surface area contributed by atoms with Crippen molar-refractivity contribution in [2.24, 2.45) is 0 Å². The van der Waals surface area contributed by atoms with E-state index in [1.807, 2.05) is 0 Å². The molecular formula is C13H5BrF6O. The Morgan fingerprint density at radius 1 is 0.810 bits per heavy atom. The molecule has 0 unspecified atom stereocenters. The summed E-state index contributed by atoms with van der Waals surface area (Å²) < 4.78 is 83.2. The second-order valence-corrected chi connectivity index (χ2v) is 4.78. The van der Waals surface area contributed by atoms with Gasteiger partial charge in [-0.3, -0.25) is 0 Å². The van der Waals surface area contributed by atoms with Crippen LogP contribution in [0.15, 0.2) is 22.7 Å².